The molecule has 0 spiro atoms. The number of carbonyl (C=O) groups excluding carboxylic acids is 2. The second kappa shape index (κ2) is 9.82. The minimum atomic E-state index is -0.583. The lowest BCUT2D eigenvalue weighted by atomic mass is 10.0. The van der Waals surface area contributed by atoms with Crippen molar-refractivity contribution in [2.45, 2.75) is 20.1 Å². The standard InChI is InChI=1S/C23H23BrN2O4/c1-15-17-9-5-7-11-19(17)25-20(13-29-3)22(15)23(28)30-14-21(27)26(2)12-16-8-4-6-10-18(16)24/h4-11H,12-14H2,1-3H3. The van der Waals surface area contributed by atoms with Gasteiger partial charge in [0.15, 0.2) is 6.61 Å². The van der Waals surface area contributed by atoms with Gasteiger partial charge in [-0.2, -0.15) is 0 Å². The van der Waals surface area contributed by atoms with Gasteiger partial charge in [0, 0.05) is 30.6 Å². The van der Waals surface area contributed by atoms with E-state index in [1.54, 1.807) is 14.2 Å². The fraction of sp³-hybridized carbons (Fsp3) is 0.261. The molecule has 0 saturated carbocycles. The van der Waals surface area contributed by atoms with Crippen LogP contribution in [0.5, 0.6) is 0 Å². The van der Waals surface area contributed by atoms with Gasteiger partial charge in [0.1, 0.15) is 0 Å². The molecule has 1 heterocycles. The van der Waals surface area contributed by atoms with E-state index in [1.165, 1.54) is 4.90 Å². The summed E-state index contributed by atoms with van der Waals surface area (Å²) in [7, 11) is 3.22. The predicted molar refractivity (Wildman–Crippen MR) is 118 cm³/mol. The van der Waals surface area contributed by atoms with Gasteiger partial charge in [-0.25, -0.2) is 9.78 Å². The normalized spacial score (nSPS) is 10.8. The van der Waals surface area contributed by atoms with E-state index in [1.807, 2.05) is 55.5 Å². The quantitative estimate of drug-likeness (QED) is 0.482. The Balaban J connectivity index is 1.74. The molecule has 3 rings (SSSR count). The summed E-state index contributed by atoms with van der Waals surface area (Å²) in [4.78, 5) is 31.4. The van der Waals surface area contributed by atoms with Gasteiger partial charge in [0.05, 0.1) is 23.4 Å². The Morgan fingerprint density at radius 1 is 1.10 bits per heavy atom. The minimum Gasteiger partial charge on any atom is -0.452 e. The number of hydrogen-bond donors (Lipinski definition) is 0. The summed E-state index contributed by atoms with van der Waals surface area (Å²) in [6.07, 6.45) is 0. The summed E-state index contributed by atoms with van der Waals surface area (Å²) in [5.41, 5.74) is 3.34. The van der Waals surface area contributed by atoms with Crippen molar-refractivity contribution >= 4 is 38.7 Å². The van der Waals surface area contributed by atoms with Gasteiger partial charge in [-0.3, -0.25) is 4.79 Å². The molecule has 0 aliphatic heterocycles. The first-order valence-corrected chi connectivity index (χ1v) is 10.2. The number of likely N-dealkylation sites (N-methyl/N-ethyl adjacent to an activating group) is 1. The zero-order valence-corrected chi connectivity index (χ0v) is 18.7. The number of halogens is 1. The molecule has 6 nitrogen and oxygen atoms in total. The Labute approximate surface area is 183 Å². The van der Waals surface area contributed by atoms with Crippen molar-refractivity contribution in [3.05, 3.63) is 75.4 Å². The van der Waals surface area contributed by atoms with Gasteiger partial charge >= 0.3 is 5.97 Å². The van der Waals surface area contributed by atoms with Crippen LogP contribution in [0.1, 0.15) is 27.2 Å². The van der Waals surface area contributed by atoms with Crippen LogP contribution in [0.3, 0.4) is 0 Å². The van der Waals surface area contributed by atoms with Crippen LogP contribution in [0.2, 0.25) is 0 Å². The summed E-state index contributed by atoms with van der Waals surface area (Å²) in [5.74, 6) is -0.876. The molecule has 0 aliphatic rings. The Morgan fingerprint density at radius 2 is 1.80 bits per heavy atom. The van der Waals surface area contributed by atoms with Crippen LogP contribution in [0.25, 0.3) is 10.9 Å². The molecule has 156 valence electrons. The van der Waals surface area contributed by atoms with Gasteiger partial charge < -0.3 is 14.4 Å². The van der Waals surface area contributed by atoms with Crippen molar-refractivity contribution in [1.82, 2.24) is 9.88 Å². The first kappa shape index (κ1) is 21.9. The Bertz CT molecular complexity index is 1080. The molecular weight excluding hydrogens is 448 g/mol. The van der Waals surface area contributed by atoms with Crippen LogP contribution < -0.4 is 0 Å². The van der Waals surface area contributed by atoms with E-state index in [9.17, 15) is 9.59 Å². The molecule has 1 aromatic heterocycles. The smallest absolute Gasteiger partial charge is 0.340 e. The summed E-state index contributed by atoms with van der Waals surface area (Å²) in [5, 5.41) is 0.863. The molecule has 2 aromatic carbocycles. The zero-order chi connectivity index (χ0) is 21.7. The van der Waals surface area contributed by atoms with E-state index in [0.29, 0.717) is 17.8 Å². The molecule has 30 heavy (non-hydrogen) atoms. The molecule has 0 fully saturated rings. The molecule has 0 saturated heterocycles. The summed E-state index contributed by atoms with van der Waals surface area (Å²) in [6, 6.07) is 15.2. The predicted octanol–water partition coefficient (Wildman–Crippen LogP) is 4.27. The van der Waals surface area contributed by atoms with Crippen molar-refractivity contribution < 1.29 is 19.1 Å². The molecule has 1 amide bonds. The minimum absolute atomic E-state index is 0.173. The van der Waals surface area contributed by atoms with Crippen molar-refractivity contribution in [2.75, 3.05) is 20.8 Å². The molecule has 7 heteroatoms. The maximum atomic E-state index is 12.8. The highest BCUT2D eigenvalue weighted by atomic mass is 79.9. The third-order valence-electron chi connectivity index (χ3n) is 4.83. The average Bonchev–Trinajstić information content (AvgIpc) is 2.74. The third-order valence-corrected chi connectivity index (χ3v) is 5.60. The fourth-order valence-corrected chi connectivity index (χ4v) is 3.64. The molecule has 0 unspecified atom stereocenters. The van der Waals surface area contributed by atoms with Crippen molar-refractivity contribution in [1.29, 1.82) is 0 Å². The van der Waals surface area contributed by atoms with Crippen LogP contribution in [-0.4, -0.2) is 42.5 Å². The summed E-state index contributed by atoms with van der Waals surface area (Å²) >= 11 is 3.47. The van der Waals surface area contributed by atoms with Crippen molar-refractivity contribution in [3.8, 4) is 0 Å². The number of amides is 1. The van der Waals surface area contributed by atoms with Crippen LogP contribution in [0, 0.1) is 6.92 Å². The number of aryl methyl sites for hydroxylation is 1. The van der Waals surface area contributed by atoms with E-state index in [2.05, 4.69) is 20.9 Å². The number of benzene rings is 2. The highest BCUT2D eigenvalue weighted by molar-refractivity contribution is 9.10. The number of esters is 1. The van der Waals surface area contributed by atoms with E-state index in [4.69, 9.17) is 9.47 Å². The lowest BCUT2D eigenvalue weighted by Crippen LogP contribution is -2.31. The highest BCUT2D eigenvalue weighted by Crippen LogP contribution is 2.24. The highest BCUT2D eigenvalue weighted by Gasteiger charge is 2.22. The number of fused-ring (bicyclic) bond motifs is 1. The number of aromatic nitrogens is 1. The summed E-state index contributed by atoms with van der Waals surface area (Å²) in [6.45, 7) is 2.08. The lowest BCUT2D eigenvalue weighted by molar-refractivity contribution is -0.133. The number of ether oxygens (including phenoxy) is 2. The van der Waals surface area contributed by atoms with Gasteiger partial charge in [0.25, 0.3) is 5.91 Å². The average molecular weight is 471 g/mol. The number of methoxy groups -OCH3 is 1. The molecule has 3 aromatic rings. The number of hydrogen-bond acceptors (Lipinski definition) is 5. The topological polar surface area (TPSA) is 68.7 Å². The molecule has 0 N–H and O–H groups in total. The maximum Gasteiger partial charge on any atom is 0.340 e. The SMILES string of the molecule is COCc1nc2ccccc2c(C)c1C(=O)OCC(=O)N(C)Cc1ccccc1Br. The van der Waals surface area contributed by atoms with Crippen LogP contribution in [-0.2, 0) is 27.4 Å². The largest absolute Gasteiger partial charge is 0.452 e. The van der Waals surface area contributed by atoms with Crippen LogP contribution in [0.4, 0.5) is 0 Å². The number of pyridine rings is 1. The van der Waals surface area contributed by atoms with E-state index >= 15 is 0 Å². The molecule has 0 radical (unpaired) electrons. The molecule has 0 bridgehead atoms. The molecule has 0 atom stereocenters. The van der Waals surface area contributed by atoms with Crippen LogP contribution >= 0.6 is 15.9 Å². The Hall–Kier alpha value is -2.77. The van der Waals surface area contributed by atoms with E-state index in [-0.39, 0.29) is 19.1 Å². The van der Waals surface area contributed by atoms with Gasteiger partial charge in [0.2, 0.25) is 0 Å². The van der Waals surface area contributed by atoms with E-state index < -0.39 is 5.97 Å². The second-order valence-electron chi connectivity index (χ2n) is 6.93. The van der Waals surface area contributed by atoms with E-state index in [0.717, 1.165) is 26.5 Å². The number of carbonyl (C=O) groups is 2. The Morgan fingerprint density at radius 3 is 2.53 bits per heavy atom. The number of para-hydroxylation sites is 1. The lowest BCUT2D eigenvalue weighted by Gasteiger charge is -2.19. The fourth-order valence-electron chi connectivity index (χ4n) is 3.23. The third kappa shape index (κ3) is 4.86. The monoisotopic (exact) mass is 470 g/mol. The zero-order valence-electron chi connectivity index (χ0n) is 17.1. The molecular formula is C23H23BrN2O4. The van der Waals surface area contributed by atoms with Crippen molar-refractivity contribution in [3.63, 3.8) is 0 Å². The first-order valence-electron chi connectivity index (χ1n) is 9.44. The first-order chi connectivity index (χ1) is 14.4. The molecule has 0 aliphatic carbocycles. The number of rotatable bonds is 7. The maximum absolute atomic E-state index is 12.8. The number of nitrogens with zero attached hydrogens (tertiary/aromatic N) is 2. The second-order valence-corrected chi connectivity index (χ2v) is 7.78. The summed E-state index contributed by atoms with van der Waals surface area (Å²) < 4.78 is 11.5. The van der Waals surface area contributed by atoms with Gasteiger partial charge in [-0.05, 0) is 30.2 Å². The van der Waals surface area contributed by atoms with Gasteiger partial charge in [-0.15, -0.1) is 0 Å². The van der Waals surface area contributed by atoms with Crippen molar-refractivity contribution in [2.24, 2.45) is 0 Å². The van der Waals surface area contributed by atoms with Crippen LogP contribution in [0.15, 0.2) is 53.0 Å². The van der Waals surface area contributed by atoms with Gasteiger partial charge in [-0.1, -0.05) is 52.3 Å². The Kier molecular flexibility index (Phi) is 7.18.